The van der Waals surface area contributed by atoms with Crippen LogP contribution in [0.15, 0.2) is 48.5 Å². The molecule has 1 aliphatic rings. The summed E-state index contributed by atoms with van der Waals surface area (Å²) >= 11 is 6.22. The highest BCUT2D eigenvalue weighted by Gasteiger charge is 2.29. The molecule has 1 amide bonds. The lowest BCUT2D eigenvalue weighted by Crippen LogP contribution is -2.48. The van der Waals surface area contributed by atoms with Crippen LogP contribution in [0, 0.1) is 13.8 Å². The highest BCUT2D eigenvalue weighted by molar-refractivity contribution is 6.30. The number of morpholine rings is 1. The third-order valence-corrected chi connectivity index (χ3v) is 5.73. The number of aromatic nitrogens is 2. The molecule has 1 fully saturated rings. The monoisotopic (exact) mass is 423 g/mol. The Hall–Kier alpha value is -2.63. The van der Waals surface area contributed by atoms with E-state index < -0.39 is 0 Å². The Kier molecular flexibility index (Phi) is 5.67. The van der Waals surface area contributed by atoms with Crippen molar-refractivity contribution >= 4 is 17.5 Å². The van der Waals surface area contributed by atoms with Crippen molar-refractivity contribution in [2.45, 2.75) is 39.9 Å². The Bertz CT molecular complexity index is 1080. The largest absolute Gasteiger partial charge is 0.372 e. The summed E-state index contributed by atoms with van der Waals surface area (Å²) in [4.78, 5) is 15.4. The first-order chi connectivity index (χ1) is 14.3. The Morgan fingerprint density at radius 2 is 1.77 bits per heavy atom. The smallest absolute Gasteiger partial charge is 0.272 e. The molecular formula is C24H26ClN3O2. The molecule has 2 aromatic carbocycles. The topological polar surface area (TPSA) is 47.4 Å². The predicted molar refractivity (Wildman–Crippen MR) is 119 cm³/mol. The van der Waals surface area contributed by atoms with Crippen molar-refractivity contribution in [2.24, 2.45) is 0 Å². The minimum absolute atomic E-state index is 0.000500. The Morgan fingerprint density at radius 3 is 2.43 bits per heavy atom. The van der Waals surface area contributed by atoms with Gasteiger partial charge in [-0.25, -0.2) is 4.68 Å². The van der Waals surface area contributed by atoms with Gasteiger partial charge in [0.2, 0.25) is 0 Å². The molecule has 1 aliphatic heterocycles. The van der Waals surface area contributed by atoms with E-state index in [1.165, 1.54) is 11.1 Å². The van der Waals surface area contributed by atoms with Gasteiger partial charge in [0.05, 0.1) is 23.6 Å². The molecular weight excluding hydrogens is 398 g/mol. The molecule has 6 heteroatoms. The molecule has 156 valence electrons. The van der Waals surface area contributed by atoms with Gasteiger partial charge in [-0.3, -0.25) is 4.79 Å². The molecule has 1 saturated heterocycles. The molecule has 0 bridgehead atoms. The minimum Gasteiger partial charge on any atom is -0.372 e. The van der Waals surface area contributed by atoms with Gasteiger partial charge in [-0.2, -0.15) is 5.10 Å². The van der Waals surface area contributed by atoms with Crippen LogP contribution in [0.4, 0.5) is 0 Å². The average molecular weight is 424 g/mol. The molecule has 0 spiro atoms. The number of carbonyl (C=O) groups excluding carboxylic acids is 1. The standard InChI is InChI=1S/C24H26ClN3O2/c1-15-8-9-19(10-16(15)2)22-12-23(24(29)27-13-17(3)30-18(4)14-27)28(26-22)21-7-5-6-20(25)11-21/h5-12,17-18H,13-14H2,1-4H3. The molecule has 2 unspecified atom stereocenters. The average Bonchev–Trinajstić information content (AvgIpc) is 3.14. The van der Waals surface area contributed by atoms with Crippen LogP contribution in [0.3, 0.4) is 0 Å². The first kappa shape index (κ1) is 20.6. The number of carbonyl (C=O) groups is 1. The summed E-state index contributed by atoms with van der Waals surface area (Å²) in [6.45, 7) is 9.26. The zero-order chi connectivity index (χ0) is 21.4. The summed E-state index contributed by atoms with van der Waals surface area (Å²) in [5.41, 5.74) is 5.43. The van der Waals surface area contributed by atoms with E-state index in [9.17, 15) is 4.79 Å². The second kappa shape index (κ2) is 8.25. The Balaban J connectivity index is 1.80. The molecule has 30 heavy (non-hydrogen) atoms. The van der Waals surface area contributed by atoms with Crippen LogP contribution in [-0.2, 0) is 4.74 Å². The maximum absolute atomic E-state index is 13.5. The summed E-state index contributed by atoms with van der Waals surface area (Å²) in [6, 6.07) is 15.5. The second-order valence-electron chi connectivity index (χ2n) is 8.07. The number of ether oxygens (including phenoxy) is 1. The first-order valence-electron chi connectivity index (χ1n) is 10.2. The molecule has 2 heterocycles. The molecule has 0 N–H and O–H groups in total. The van der Waals surface area contributed by atoms with Crippen LogP contribution >= 0.6 is 11.6 Å². The Morgan fingerprint density at radius 1 is 1.03 bits per heavy atom. The highest BCUT2D eigenvalue weighted by Crippen LogP contribution is 2.26. The van der Waals surface area contributed by atoms with Crippen molar-refractivity contribution in [3.8, 4) is 16.9 Å². The summed E-state index contributed by atoms with van der Waals surface area (Å²) in [5, 5.41) is 5.40. The van der Waals surface area contributed by atoms with E-state index in [1.54, 1.807) is 4.68 Å². The minimum atomic E-state index is -0.0560. The number of nitrogens with zero attached hydrogens (tertiary/aromatic N) is 3. The van der Waals surface area contributed by atoms with Crippen molar-refractivity contribution < 1.29 is 9.53 Å². The third kappa shape index (κ3) is 4.13. The number of amides is 1. The molecule has 4 rings (SSSR count). The van der Waals surface area contributed by atoms with Gasteiger partial charge in [-0.05, 0) is 69.2 Å². The van der Waals surface area contributed by atoms with Crippen LogP contribution in [0.5, 0.6) is 0 Å². The van der Waals surface area contributed by atoms with Gasteiger partial charge in [0, 0.05) is 23.7 Å². The normalized spacial score (nSPS) is 19.2. The van der Waals surface area contributed by atoms with Gasteiger partial charge < -0.3 is 9.64 Å². The van der Waals surface area contributed by atoms with Crippen molar-refractivity contribution in [2.75, 3.05) is 13.1 Å². The van der Waals surface area contributed by atoms with Gasteiger partial charge in [0.15, 0.2) is 0 Å². The van der Waals surface area contributed by atoms with E-state index in [4.69, 9.17) is 21.4 Å². The van der Waals surface area contributed by atoms with Crippen LogP contribution in [-0.4, -0.2) is 45.9 Å². The number of hydrogen-bond acceptors (Lipinski definition) is 3. The van der Waals surface area contributed by atoms with Gasteiger partial charge in [0.1, 0.15) is 5.69 Å². The lowest BCUT2D eigenvalue weighted by molar-refractivity contribution is -0.0588. The van der Waals surface area contributed by atoms with Crippen molar-refractivity contribution in [3.05, 3.63) is 70.4 Å². The van der Waals surface area contributed by atoms with E-state index in [0.29, 0.717) is 23.8 Å². The number of rotatable bonds is 3. The van der Waals surface area contributed by atoms with E-state index in [-0.39, 0.29) is 18.1 Å². The molecule has 1 aromatic heterocycles. The van der Waals surface area contributed by atoms with E-state index in [2.05, 4.69) is 26.0 Å². The van der Waals surface area contributed by atoms with Gasteiger partial charge in [-0.15, -0.1) is 0 Å². The van der Waals surface area contributed by atoms with E-state index in [0.717, 1.165) is 16.9 Å². The van der Waals surface area contributed by atoms with Crippen LogP contribution in [0.2, 0.25) is 5.02 Å². The maximum atomic E-state index is 13.5. The summed E-state index contributed by atoms with van der Waals surface area (Å²) in [6.07, 6.45) is -0.00100. The lowest BCUT2D eigenvalue weighted by Gasteiger charge is -2.35. The summed E-state index contributed by atoms with van der Waals surface area (Å²) in [7, 11) is 0. The Labute approximate surface area is 182 Å². The molecule has 0 saturated carbocycles. The fourth-order valence-electron chi connectivity index (χ4n) is 3.89. The van der Waals surface area contributed by atoms with E-state index >= 15 is 0 Å². The summed E-state index contributed by atoms with van der Waals surface area (Å²) in [5.74, 6) is -0.0560. The molecule has 3 aromatic rings. The van der Waals surface area contributed by atoms with Crippen molar-refractivity contribution in [3.63, 3.8) is 0 Å². The van der Waals surface area contributed by atoms with Crippen LogP contribution in [0.25, 0.3) is 16.9 Å². The molecule has 0 radical (unpaired) electrons. The van der Waals surface area contributed by atoms with Crippen LogP contribution < -0.4 is 0 Å². The number of hydrogen-bond donors (Lipinski definition) is 0. The molecule has 5 nitrogen and oxygen atoms in total. The van der Waals surface area contributed by atoms with Crippen molar-refractivity contribution in [1.82, 2.24) is 14.7 Å². The molecule has 0 aliphatic carbocycles. The van der Waals surface area contributed by atoms with Gasteiger partial charge >= 0.3 is 0 Å². The van der Waals surface area contributed by atoms with Crippen molar-refractivity contribution in [1.29, 1.82) is 0 Å². The fourth-order valence-corrected chi connectivity index (χ4v) is 4.07. The quantitative estimate of drug-likeness (QED) is 0.591. The number of aryl methyl sites for hydroxylation is 2. The maximum Gasteiger partial charge on any atom is 0.272 e. The van der Waals surface area contributed by atoms with E-state index in [1.807, 2.05) is 55.1 Å². The summed E-state index contributed by atoms with van der Waals surface area (Å²) < 4.78 is 7.50. The van der Waals surface area contributed by atoms with Gasteiger partial charge in [-0.1, -0.05) is 29.8 Å². The number of halogens is 1. The zero-order valence-corrected chi connectivity index (χ0v) is 18.5. The fraction of sp³-hybridized carbons (Fsp3) is 0.333. The highest BCUT2D eigenvalue weighted by atomic mass is 35.5. The third-order valence-electron chi connectivity index (χ3n) is 5.49. The first-order valence-corrected chi connectivity index (χ1v) is 10.6. The SMILES string of the molecule is Cc1ccc(-c2cc(C(=O)N3CC(C)OC(C)C3)n(-c3cccc(Cl)c3)n2)cc1C. The predicted octanol–water partition coefficient (Wildman–Crippen LogP) is 5.06. The van der Waals surface area contributed by atoms with Gasteiger partial charge in [0.25, 0.3) is 5.91 Å². The van der Waals surface area contributed by atoms with Crippen LogP contribution in [0.1, 0.15) is 35.5 Å². The zero-order valence-electron chi connectivity index (χ0n) is 17.7. The number of benzene rings is 2. The second-order valence-corrected chi connectivity index (χ2v) is 8.51. The molecule has 2 atom stereocenters. The lowest BCUT2D eigenvalue weighted by atomic mass is 10.0.